The minimum atomic E-state index is -0.404. The largest absolute Gasteiger partial charge is 0.383 e. The number of hydrogen-bond donors (Lipinski definition) is 0. The molecule has 0 spiro atoms. The fraction of sp³-hybridized carbons (Fsp3) is 0.250. The number of hydrogen-bond acceptors (Lipinski definition) is 2. The predicted octanol–water partition coefficient (Wildman–Crippen LogP) is 2.55. The van der Waals surface area contributed by atoms with Gasteiger partial charge in [0.1, 0.15) is 5.82 Å². The maximum atomic E-state index is 13.7. The molecule has 0 atom stereocenters. The van der Waals surface area contributed by atoms with E-state index in [0.29, 0.717) is 28.4 Å². The van der Waals surface area contributed by atoms with Gasteiger partial charge in [-0.1, -0.05) is 0 Å². The van der Waals surface area contributed by atoms with E-state index in [1.54, 1.807) is 31.5 Å². The lowest BCUT2D eigenvalue weighted by molar-refractivity contribution is 0.186. The first-order valence-electron chi connectivity index (χ1n) is 5.11. The molecular formula is C12H11BrFNO2. The number of nitrogens with zero attached hydrogens (tertiary/aromatic N) is 1. The zero-order chi connectivity index (χ0) is 12.4. The van der Waals surface area contributed by atoms with Gasteiger partial charge in [-0.25, -0.2) is 4.39 Å². The Kier molecular flexibility index (Phi) is 3.59. The Hall–Kier alpha value is -1.20. The molecule has 0 radical (unpaired) electrons. The van der Waals surface area contributed by atoms with E-state index >= 15 is 0 Å². The normalized spacial score (nSPS) is 11.0. The van der Waals surface area contributed by atoms with Crippen molar-refractivity contribution in [1.82, 2.24) is 4.57 Å². The molecule has 0 saturated heterocycles. The van der Waals surface area contributed by atoms with Crippen molar-refractivity contribution in [3.05, 3.63) is 45.0 Å². The van der Waals surface area contributed by atoms with Crippen LogP contribution in [-0.4, -0.2) is 18.3 Å². The van der Waals surface area contributed by atoms with Crippen LogP contribution in [0.5, 0.6) is 0 Å². The molecule has 0 amide bonds. The fourth-order valence-corrected chi connectivity index (χ4v) is 2.01. The molecule has 0 aliphatic carbocycles. The highest BCUT2D eigenvalue weighted by Crippen LogP contribution is 2.22. The van der Waals surface area contributed by atoms with Gasteiger partial charge in [-0.05, 0) is 34.1 Å². The van der Waals surface area contributed by atoms with Crippen LogP contribution in [0.15, 0.2) is 33.7 Å². The molecule has 0 unspecified atom stereocenters. The average molecular weight is 300 g/mol. The first-order chi connectivity index (χ1) is 8.15. The number of aromatic nitrogens is 1. The summed E-state index contributed by atoms with van der Waals surface area (Å²) in [5, 5.41) is 0.711. The molecule has 3 nitrogen and oxygen atoms in total. The van der Waals surface area contributed by atoms with Crippen molar-refractivity contribution >= 4 is 26.7 Å². The van der Waals surface area contributed by atoms with Gasteiger partial charge in [0.2, 0.25) is 0 Å². The molecule has 1 aromatic carbocycles. The number of fused-ring (bicyclic) bond motifs is 1. The maximum absolute atomic E-state index is 13.7. The third kappa shape index (κ3) is 2.25. The lowest BCUT2D eigenvalue weighted by Gasteiger charge is -2.07. The summed E-state index contributed by atoms with van der Waals surface area (Å²) >= 11 is 3.10. The van der Waals surface area contributed by atoms with Crippen LogP contribution in [-0.2, 0) is 11.3 Å². The van der Waals surface area contributed by atoms with Gasteiger partial charge in [0.05, 0.1) is 16.5 Å². The molecule has 2 rings (SSSR count). The summed E-state index contributed by atoms with van der Waals surface area (Å²) in [4.78, 5) is 12.0. The summed E-state index contributed by atoms with van der Waals surface area (Å²) in [5.41, 5.74) is -0.203. The van der Waals surface area contributed by atoms with E-state index in [4.69, 9.17) is 4.74 Å². The van der Waals surface area contributed by atoms with Crippen molar-refractivity contribution in [2.75, 3.05) is 13.7 Å². The van der Waals surface area contributed by atoms with Crippen molar-refractivity contribution in [3.63, 3.8) is 0 Å². The second kappa shape index (κ2) is 4.98. The molecule has 5 heteroatoms. The Morgan fingerprint density at radius 2 is 2.12 bits per heavy atom. The van der Waals surface area contributed by atoms with Gasteiger partial charge >= 0.3 is 0 Å². The second-order valence-corrected chi connectivity index (χ2v) is 4.48. The average Bonchev–Trinajstić information content (AvgIpc) is 2.33. The van der Waals surface area contributed by atoms with Crippen LogP contribution in [0.25, 0.3) is 10.8 Å². The monoisotopic (exact) mass is 299 g/mol. The van der Waals surface area contributed by atoms with Crippen molar-refractivity contribution < 1.29 is 9.13 Å². The predicted molar refractivity (Wildman–Crippen MR) is 67.7 cm³/mol. The standard InChI is InChI=1S/C12H11BrFNO2/c1-17-7-6-15-5-4-8-9(12(15)16)2-3-10(13)11(8)14/h2-5H,6-7H2,1H3. The Bertz CT molecular complexity index is 609. The Morgan fingerprint density at radius 3 is 2.82 bits per heavy atom. The van der Waals surface area contributed by atoms with Gasteiger partial charge in [-0.3, -0.25) is 4.79 Å². The summed E-state index contributed by atoms with van der Waals surface area (Å²) in [6.45, 7) is 0.910. The van der Waals surface area contributed by atoms with Crippen molar-refractivity contribution in [2.24, 2.45) is 0 Å². The smallest absolute Gasteiger partial charge is 0.258 e. The van der Waals surface area contributed by atoms with E-state index < -0.39 is 5.82 Å². The highest BCUT2D eigenvalue weighted by Gasteiger charge is 2.09. The fourth-order valence-electron chi connectivity index (χ4n) is 1.67. The molecule has 0 saturated carbocycles. The lowest BCUT2D eigenvalue weighted by atomic mass is 10.1. The van der Waals surface area contributed by atoms with Gasteiger partial charge in [-0.2, -0.15) is 0 Å². The van der Waals surface area contributed by atoms with E-state index in [0.717, 1.165) is 0 Å². The Balaban J connectivity index is 2.61. The topological polar surface area (TPSA) is 31.2 Å². The summed E-state index contributed by atoms with van der Waals surface area (Å²) in [6, 6.07) is 4.76. The van der Waals surface area contributed by atoms with E-state index in [-0.39, 0.29) is 5.56 Å². The molecule has 0 aliphatic rings. The molecule has 0 bridgehead atoms. The van der Waals surface area contributed by atoms with Crippen LogP contribution in [0.3, 0.4) is 0 Å². The zero-order valence-corrected chi connectivity index (χ0v) is 10.8. The van der Waals surface area contributed by atoms with Crippen molar-refractivity contribution in [3.8, 4) is 0 Å². The molecule has 17 heavy (non-hydrogen) atoms. The lowest BCUT2D eigenvalue weighted by Crippen LogP contribution is -2.21. The first kappa shape index (κ1) is 12.3. The number of pyridine rings is 1. The van der Waals surface area contributed by atoms with Gasteiger partial charge in [0.25, 0.3) is 5.56 Å². The van der Waals surface area contributed by atoms with Crippen LogP contribution >= 0.6 is 15.9 Å². The highest BCUT2D eigenvalue weighted by atomic mass is 79.9. The molecule has 0 fully saturated rings. The zero-order valence-electron chi connectivity index (χ0n) is 9.24. The van der Waals surface area contributed by atoms with Gasteiger partial charge < -0.3 is 9.30 Å². The highest BCUT2D eigenvalue weighted by molar-refractivity contribution is 9.10. The van der Waals surface area contributed by atoms with Crippen LogP contribution in [0, 0.1) is 5.82 Å². The van der Waals surface area contributed by atoms with Crippen molar-refractivity contribution in [2.45, 2.75) is 6.54 Å². The van der Waals surface area contributed by atoms with Crippen LogP contribution < -0.4 is 5.56 Å². The minimum Gasteiger partial charge on any atom is -0.383 e. The van der Waals surface area contributed by atoms with Gasteiger partial charge in [0, 0.05) is 25.2 Å². The summed E-state index contributed by atoms with van der Waals surface area (Å²) in [6.07, 6.45) is 1.58. The van der Waals surface area contributed by atoms with Crippen LogP contribution in [0.2, 0.25) is 0 Å². The Labute approximate surface area is 106 Å². The summed E-state index contributed by atoms with van der Waals surface area (Å²) < 4.78 is 20.5. The quantitative estimate of drug-likeness (QED) is 0.872. The number of methoxy groups -OCH3 is 1. The third-order valence-electron chi connectivity index (χ3n) is 2.58. The Morgan fingerprint density at radius 1 is 1.35 bits per heavy atom. The molecule has 0 N–H and O–H groups in total. The van der Waals surface area contributed by atoms with Crippen molar-refractivity contribution in [1.29, 1.82) is 0 Å². The number of rotatable bonds is 3. The van der Waals surface area contributed by atoms with E-state index in [9.17, 15) is 9.18 Å². The van der Waals surface area contributed by atoms with Gasteiger partial charge in [0.15, 0.2) is 0 Å². The molecule has 2 aromatic rings. The van der Waals surface area contributed by atoms with Crippen LogP contribution in [0.1, 0.15) is 0 Å². The third-order valence-corrected chi connectivity index (χ3v) is 3.19. The van der Waals surface area contributed by atoms with E-state index in [1.807, 2.05) is 0 Å². The number of halogens is 2. The first-order valence-corrected chi connectivity index (χ1v) is 5.90. The molecule has 0 aliphatic heterocycles. The summed E-state index contributed by atoms with van der Waals surface area (Å²) in [7, 11) is 1.57. The van der Waals surface area contributed by atoms with Gasteiger partial charge in [-0.15, -0.1) is 0 Å². The minimum absolute atomic E-state index is 0.203. The number of ether oxygens (including phenoxy) is 1. The molecule has 1 aromatic heterocycles. The van der Waals surface area contributed by atoms with E-state index in [2.05, 4.69) is 15.9 Å². The summed E-state index contributed by atoms with van der Waals surface area (Å²) in [5.74, 6) is -0.404. The molecule has 1 heterocycles. The molecule has 90 valence electrons. The SMILES string of the molecule is COCCn1ccc2c(F)c(Br)ccc2c1=O. The number of benzene rings is 1. The molecular weight excluding hydrogens is 289 g/mol. The second-order valence-electron chi connectivity index (χ2n) is 3.63. The van der Waals surface area contributed by atoms with E-state index in [1.165, 1.54) is 4.57 Å². The van der Waals surface area contributed by atoms with Crippen LogP contribution in [0.4, 0.5) is 4.39 Å². The maximum Gasteiger partial charge on any atom is 0.258 e.